The molecule has 8 heteroatoms. The molecule has 0 atom stereocenters. The van der Waals surface area contributed by atoms with E-state index < -0.39 is 11.9 Å². The number of rotatable bonds is 4. The number of piperazine rings is 1. The number of carbonyl (C=O) groups is 2. The van der Waals surface area contributed by atoms with Crippen molar-refractivity contribution in [3.63, 3.8) is 0 Å². The van der Waals surface area contributed by atoms with Crippen molar-refractivity contribution in [2.24, 2.45) is 0 Å². The summed E-state index contributed by atoms with van der Waals surface area (Å²) in [6, 6.07) is 16.3. The van der Waals surface area contributed by atoms with Crippen LogP contribution in [0.25, 0.3) is 0 Å². The number of carboxylic acids is 2. The third-order valence-corrected chi connectivity index (χ3v) is 4.70. The van der Waals surface area contributed by atoms with Crippen LogP contribution < -0.4 is 9.64 Å². The molecule has 0 bridgehead atoms. The van der Waals surface area contributed by atoms with Crippen molar-refractivity contribution >= 4 is 29.2 Å². The minimum Gasteiger partial charge on any atom is -0.495 e. The van der Waals surface area contributed by atoms with E-state index in [2.05, 4.69) is 28.0 Å². The summed E-state index contributed by atoms with van der Waals surface area (Å²) >= 11 is 6.25. The SMILES string of the molecule is COc1ccccc1N1CCN(Cc2ccccc2Cl)CC1.O=C(O)C(=O)O. The highest BCUT2D eigenvalue weighted by Crippen LogP contribution is 2.28. The zero-order valence-corrected chi connectivity index (χ0v) is 16.3. The van der Waals surface area contributed by atoms with Gasteiger partial charge in [-0.2, -0.15) is 0 Å². The first-order valence-electron chi connectivity index (χ1n) is 8.72. The highest BCUT2D eigenvalue weighted by molar-refractivity contribution is 6.31. The van der Waals surface area contributed by atoms with Crippen molar-refractivity contribution in [2.45, 2.75) is 6.54 Å². The zero-order chi connectivity index (χ0) is 20.5. The second-order valence-corrected chi connectivity index (χ2v) is 6.54. The maximum absolute atomic E-state index is 9.10. The fourth-order valence-electron chi connectivity index (χ4n) is 2.91. The lowest BCUT2D eigenvalue weighted by atomic mass is 10.2. The van der Waals surface area contributed by atoms with Gasteiger partial charge in [-0.15, -0.1) is 0 Å². The van der Waals surface area contributed by atoms with E-state index in [0.717, 1.165) is 43.5 Å². The molecule has 0 saturated carbocycles. The molecule has 1 saturated heterocycles. The van der Waals surface area contributed by atoms with E-state index in [4.69, 9.17) is 36.1 Å². The van der Waals surface area contributed by atoms with Gasteiger partial charge < -0.3 is 19.8 Å². The highest BCUT2D eigenvalue weighted by atomic mass is 35.5. The number of methoxy groups -OCH3 is 1. The number of benzene rings is 2. The van der Waals surface area contributed by atoms with Crippen LogP contribution in [0.4, 0.5) is 5.69 Å². The monoisotopic (exact) mass is 406 g/mol. The van der Waals surface area contributed by atoms with Gasteiger partial charge in [-0.05, 0) is 23.8 Å². The number of aliphatic carboxylic acids is 2. The molecule has 2 N–H and O–H groups in total. The van der Waals surface area contributed by atoms with Crippen LogP contribution in [0.3, 0.4) is 0 Å². The normalized spacial score (nSPS) is 14.0. The lowest BCUT2D eigenvalue weighted by Crippen LogP contribution is -2.46. The Bertz CT molecular complexity index is 795. The average Bonchev–Trinajstić information content (AvgIpc) is 2.70. The van der Waals surface area contributed by atoms with Crippen molar-refractivity contribution in [1.29, 1.82) is 0 Å². The fourth-order valence-corrected chi connectivity index (χ4v) is 3.10. The van der Waals surface area contributed by atoms with Crippen molar-refractivity contribution < 1.29 is 24.5 Å². The van der Waals surface area contributed by atoms with Crippen molar-refractivity contribution in [1.82, 2.24) is 4.90 Å². The molecular weight excluding hydrogens is 384 g/mol. The Hall–Kier alpha value is -2.77. The number of nitrogens with zero attached hydrogens (tertiary/aromatic N) is 2. The predicted octanol–water partition coefficient (Wildman–Crippen LogP) is 2.83. The van der Waals surface area contributed by atoms with Gasteiger partial charge in [-0.1, -0.05) is 41.9 Å². The molecule has 0 radical (unpaired) electrons. The lowest BCUT2D eigenvalue weighted by molar-refractivity contribution is -0.159. The van der Waals surface area contributed by atoms with Gasteiger partial charge in [0.05, 0.1) is 12.8 Å². The van der Waals surface area contributed by atoms with Gasteiger partial charge >= 0.3 is 11.9 Å². The van der Waals surface area contributed by atoms with Crippen LogP contribution in [-0.2, 0) is 16.1 Å². The van der Waals surface area contributed by atoms with Crippen LogP contribution in [0.5, 0.6) is 5.75 Å². The molecule has 0 spiro atoms. The van der Waals surface area contributed by atoms with E-state index in [1.807, 2.05) is 30.3 Å². The maximum atomic E-state index is 9.10. The summed E-state index contributed by atoms with van der Waals surface area (Å²) in [7, 11) is 1.73. The number of para-hydroxylation sites is 2. The first kappa shape index (κ1) is 21.5. The first-order chi connectivity index (χ1) is 13.4. The fraction of sp³-hybridized carbons (Fsp3) is 0.300. The largest absolute Gasteiger partial charge is 0.495 e. The second-order valence-electron chi connectivity index (χ2n) is 6.14. The number of ether oxygens (including phenoxy) is 1. The molecule has 3 rings (SSSR count). The van der Waals surface area contributed by atoms with Gasteiger partial charge in [0.2, 0.25) is 0 Å². The minimum atomic E-state index is -1.82. The van der Waals surface area contributed by atoms with Crippen LogP contribution in [0, 0.1) is 0 Å². The van der Waals surface area contributed by atoms with Gasteiger partial charge in [0.1, 0.15) is 5.75 Å². The van der Waals surface area contributed by atoms with Crippen molar-refractivity contribution in [2.75, 3.05) is 38.2 Å². The molecule has 1 aliphatic rings. The molecule has 2 aromatic carbocycles. The van der Waals surface area contributed by atoms with E-state index in [-0.39, 0.29) is 0 Å². The van der Waals surface area contributed by atoms with E-state index in [1.54, 1.807) is 7.11 Å². The Kier molecular flexibility index (Phi) is 8.10. The van der Waals surface area contributed by atoms with Crippen LogP contribution in [0.2, 0.25) is 5.02 Å². The Morgan fingerprint density at radius 1 is 0.964 bits per heavy atom. The average molecular weight is 407 g/mol. The number of hydrogen-bond acceptors (Lipinski definition) is 5. The van der Waals surface area contributed by atoms with Gasteiger partial charge in [0.15, 0.2) is 0 Å². The second kappa shape index (κ2) is 10.5. The molecule has 0 amide bonds. The van der Waals surface area contributed by atoms with Gasteiger partial charge in [-0.25, -0.2) is 9.59 Å². The zero-order valence-electron chi connectivity index (χ0n) is 15.5. The quantitative estimate of drug-likeness (QED) is 0.754. The smallest absolute Gasteiger partial charge is 0.414 e. The van der Waals surface area contributed by atoms with Gasteiger partial charge in [0.25, 0.3) is 0 Å². The molecule has 0 aliphatic carbocycles. The van der Waals surface area contributed by atoms with Gasteiger partial charge in [-0.3, -0.25) is 4.90 Å². The minimum absolute atomic E-state index is 0.856. The Labute approximate surface area is 168 Å². The summed E-state index contributed by atoms with van der Waals surface area (Å²) in [4.78, 5) is 23.0. The summed E-state index contributed by atoms with van der Waals surface area (Å²) in [5, 5.41) is 15.6. The molecule has 1 aliphatic heterocycles. The summed E-state index contributed by atoms with van der Waals surface area (Å²) in [6.45, 7) is 4.99. The summed E-state index contributed by atoms with van der Waals surface area (Å²) in [5.74, 6) is -2.70. The van der Waals surface area contributed by atoms with Crippen LogP contribution in [0.1, 0.15) is 5.56 Å². The summed E-state index contributed by atoms with van der Waals surface area (Å²) < 4.78 is 5.46. The Morgan fingerprint density at radius 3 is 2.11 bits per heavy atom. The van der Waals surface area contributed by atoms with Gasteiger partial charge in [0, 0.05) is 37.7 Å². The van der Waals surface area contributed by atoms with E-state index in [0.29, 0.717) is 0 Å². The highest BCUT2D eigenvalue weighted by Gasteiger charge is 2.19. The molecule has 0 aromatic heterocycles. The third-order valence-electron chi connectivity index (χ3n) is 4.33. The van der Waals surface area contributed by atoms with E-state index in [9.17, 15) is 0 Å². The van der Waals surface area contributed by atoms with Crippen LogP contribution in [-0.4, -0.2) is 60.3 Å². The molecule has 1 fully saturated rings. The molecule has 150 valence electrons. The predicted molar refractivity (Wildman–Crippen MR) is 107 cm³/mol. The topological polar surface area (TPSA) is 90.3 Å². The number of carboxylic acid groups (broad SMARTS) is 2. The number of hydrogen-bond donors (Lipinski definition) is 2. The number of anilines is 1. The van der Waals surface area contributed by atoms with Crippen molar-refractivity contribution in [3.05, 3.63) is 59.1 Å². The van der Waals surface area contributed by atoms with E-state index in [1.165, 1.54) is 11.3 Å². The Morgan fingerprint density at radius 2 is 1.54 bits per heavy atom. The maximum Gasteiger partial charge on any atom is 0.414 e. The molecule has 0 unspecified atom stereocenters. The third kappa shape index (κ3) is 6.14. The first-order valence-corrected chi connectivity index (χ1v) is 9.10. The molecular formula is C20H23ClN2O5. The number of halogens is 1. The van der Waals surface area contributed by atoms with Crippen LogP contribution in [0.15, 0.2) is 48.5 Å². The summed E-state index contributed by atoms with van der Waals surface area (Å²) in [6.07, 6.45) is 0. The molecule has 1 heterocycles. The van der Waals surface area contributed by atoms with E-state index >= 15 is 0 Å². The van der Waals surface area contributed by atoms with Crippen molar-refractivity contribution in [3.8, 4) is 5.75 Å². The molecule has 2 aromatic rings. The standard InChI is InChI=1S/C18H21ClN2O.C2H2O4/c1-22-18-9-5-4-8-17(18)21-12-10-20(11-13-21)14-15-6-2-3-7-16(15)19;3-1(4)2(5)6/h2-9H,10-14H2,1H3;(H,3,4)(H,5,6). The lowest BCUT2D eigenvalue weighted by Gasteiger charge is -2.36. The summed E-state index contributed by atoms with van der Waals surface area (Å²) in [5.41, 5.74) is 2.39. The molecule has 28 heavy (non-hydrogen) atoms. The molecule has 7 nitrogen and oxygen atoms in total. The van der Waals surface area contributed by atoms with Crippen LogP contribution >= 0.6 is 11.6 Å². The Balaban J connectivity index is 0.000000409.